The van der Waals surface area contributed by atoms with Crippen LogP contribution in [-0.4, -0.2) is 46.6 Å². The molecule has 0 spiro atoms. The molecule has 0 aromatic heterocycles. The fourth-order valence-electron chi connectivity index (χ4n) is 3.39. The maximum atomic E-state index is 13.4. The number of alkyl carbamates (subject to hydrolysis) is 1. The summed E-state index contributed by atoms with van der Waals surface area (Å²) in [6.45, 7) is 10.5. The minimum absolute atomic E-state index is 0.0431. The van der Waals surface area contributed by atoms with Crippen molar-refractivity contribution in [3.05, 3.63) is 59.2 Å². The summed E-state index contributed by atoms with van der Waals surface area (Å²) in [5, 5.41) is 15.1. The lowest BCUT2D eigenvalue weighted by atomic mass is 10.0. The van der Waals surface area contributed by atoms with Crippen LogP contribution in [0.4, 0.5) is 10.5 Å². The van der Waals surface area contributed by atoms with E-state index in [0.717, 1.165) is 11.1 Å². The molecule has 2 aromatic rings. The fraction of sp³-hybridized carbons (Fsp3) is 0.400. The number of carbonyl (C=O) groups excluding carboxylic acids is 3. The average Bonchev–Trinajstić information content (AvgIpc) is 2.70. The molecular formula is C25H33N3O5. The standard InChI is InChI=1S/C25H33N3O5/c1-15-9-8-10-16(2)20(15)27-22(30)21(18-11-13-19(29)14-12-18)28(7)23(31)17(3)26-24(32)33-25(4,5)6/h8-14,17,21,29H,1-7H3,(H,26,32)(H,27,30). The zero-order valence-electron chi connectivity index (χ0n) is 20.2. The molecule has 2 aromatic carbocycles. The van der Waals surface area contributed by atoms with Gasteiger partial charge in [-0.25, -0.2) is 4.79 Å². The molecule has 0 saturated carbocycles. The van der Waals surface area contributed by atoms with Crippen LogP contribution in [0.5, 0.6) is 5.75 Å². The zero-order chi connectivity index (χ0) is 24.9. The first-order chi connectivity index (χ1) is 15.3. The summed E-state index contributed by atoms with van der Waals surface area (Å²) in [4.78, 5) is 39.9. The van der Waals surface area contributed by atoms with E-state index >= 15 is 0 Å². The first-order valence-electron chi connectivity index (χ1n) is 10.7. The highest BCUT2D eigenvalue weighted by Crippen LogP contribution is 2.27. The molecule has 0 heterocycles. The van der Waals surface area contributed by atoms with E-state index in [9.17, 15) is 19.5 Å². The highest BCUT2D eigenvalue weighted by atomic mass is 16.6. The Hall–Kier alpha value is -3.55. The second kappa shape index (κ2) is 10.4. The van der Waals surface area contributed by atoms with Gasteiger partial charge in [0, 0.05) is 12.7 Å². The molecule has 0 fully saturated rings. The normalized spacial score (nSPS) is 12.9. The SMILES string of the molecule is Cc1cccc(C)c1NC(=O)C(c1ccc(O)cc1)N(C)C(=O)C(C)NC(=O)OC(C)(C)C. The van der Waals surface area contributed by atoms with Crippen LogP contribution in [0, 0.1) is 13.8 Å². The molecule has 0 aliphatic rings. The van der Waals surface area contributed by atoms with Gasteiger partial charge in [-0.05, 0) is 70.4 Å². The van der Waals surface area contributed by atoms with Gasteiger partial charge in [-0.2, -0.15) is 0 Å². The number of phenolic OH excluding ortho intramolecular Hbond substituents is 1. The van der Waals surface area contributed by atoms with Crippen molar-refractivity contribution in [1.82, 2.24) is 10.2 Å². The van der Waals surface area contributed by atoms with E-state index in [1.807, 2.05) is 32.0 Å². The summed E-state index contributed by atoms with van der Waals surface area (Å²) in [6, 6.07) is 9.82. The maximum Gasteiger partial charge on any atom is 0.408 e. The molecule has 2 unspecified atom stereocenters. The molecule has 33 heavy (non-hydrogen) atoms. The Balaban J connectivity index is 2.31. The number of benzene rings is 2. The largest absolute Gasteiger partial charge is 0.508 e. The molecule has 3 N–H and O–H groups in total. The van der Waals surface area contributed by atoms with Gasteiger partial charge in [-0.15, -0.1) is 0 Å². The molecule has 0 saturated heterocycles. The van der Waals surface area contributed by atoms with Crippen LogP contribution in [0.15, 0.2) is 42.5 Å². The zero-order valence-corrected chi connectivity index (χ0v) is 20.2. The minimum atomic E-state index is -1.00. The summed E-state index contributed by atoms with van der Waals surface area (Å²) in [6.07, 6.45) is -0.724. The molecule has 0 aliphatic carbocycles. The van der Waals surface area contributed by atoms with Crippen LogP contribution in [0.25, 0.3) is 0 Å². The number of phenols is 1. The van der Waals surface area contributed by atoms with Gasteiger partial charge in [-0.1, -0.05) is 30.3 Å². The predicted molar refractivity (Wildman–Crippen MR) is 127 cm³/mol. The Morgan fingerprint density at radius 1 is 1.00 bits per heavy atom. The lowest BCUT2D eigenvalue weighted by Crippen LogP contribution is -2.49. The van der Waals surface area contributed by atoms with E-state index in [4.69, 9.17) is 4.74 Å². The molecule has 8 heteroatoms. The first-order valence-corrected chi connectivity index (χ1v) is 10.7. The first kappa shape index (κ1) is 25.7. The van der Waals surface area contributed by atoms with Crippen molar-refractivity contribution < 1.29 is 24.2 Å². The van der Waals surface area contributed by atoms with E-state index in [2.05, 4.69) is 10.6 Å². The lowest BCUT2D eigenvalue weighted by molar-refractivity contribution is -0.138. The monoisotopic (exact) mass is 455 g/mol. The second-order valence-corrected chi connectivity index (χ2v) is 9.07. The number of hydrogen-bond donors (Lipinski definition) is 3. The molecule has 8 nitrogen and oxygen atoms in total. The quantitative estimate of drug-likeness (QED) is 0.609. The number of amides is 3. The van der Waals surface area contributed by atoms with Gasteiger partial charge in [0.05, 0.1) is 0 Å². The third-order valence-electron chi connectivity index (χ3n) is 5.03. The number of likely N-dealkylation sites (N-methyl/N-ethyl adjacent to an activating group) is 1. The minimum Gasteiger partial charge on any atom is -0.508 e. The van der Waals surface area contributed by atoms with Gasteiger partial charge < -0.3 is 25.4 Å². The molecule has 0 bridgehead atoms. The summed E-state index contributed by atoms with van der Waals surface area (Å²) < 4.78 is 5.22. The lowest BCUT2D eigenvalue weighted by Gasteiger charge is -2.31. The molecule has 2 atom stereocenters. The van der Waals surface area contributed by atoms with E-state index in [0.29, 0.717) is 11.3 Å². The Morgan fingerprint density at radius 3 is 2.06 bits per heavy atom. The number of hydrogen-bond acceptors (Lipinski definition) is 5. The van der Waals surface area contributed by atoms with Crippen molar-refractivity contribution in [3.8, 4) is 5.75 Å². The van der Waals surface area contributed by atoms with Crippen LogP contribution in [0.1, 0.15) is 50.4 Å². The average molecular weight is 456 g/mol. The molecule has 0 radical (unpaired) electrons. The van der Waals surface area contributed by atoms with Crippen LogP contribution >= 0.6 is 0 Å². The van der Waals surface area contributed by atoms with Crippen LogP contribution in [0.2, 0.25) is 0 Å². The molecule has 0 aliphatic heterocycles. The van der Waals surface area contributed by atoms with Crippen molar-refractivity contribution in [2.24, 2.45) is 0 Å². The Kier molecular flexibility index (Phi) is 8.08. The maximum absolute atomic E-state index is 13.4. The number of para-hydroxylation sites is 1. The fourth-order valence-corrected chi connectivity index (χ4v) is 3.39. The smallest absolute Gasteiger partial charge is 0.408 e. The Bertz CT molecular complexity index is 991. The summed E-state index contributed by atoms with van der Waals surface area (Å²) in [5.41, 5.74) is 2.26. The topological polar surface area (TPSA) is 108 Å². The van der Waals surface area contributed by atoms with E-state index in [-0.39, 0.29) is 5.75 Å². The van der Waals surface area contributed by atoms with Gasteiger partial charge in [0.1, 0.15) is 23.4 Å². The summed E-state index contributed by atoms with van der Waals surface area (Å²) >= 11 is 0. The number of rotatable bonds is 6. The van der Waals surface area contributed by atoms with E-state index < -0.39 is 35.6 Å². The molecule has 2 rings (SSSR count). The van der Waals surface area contributed by atoms with Crippen molar-refractivity contribution in [3.63, 3.8) is 0 Å². The van der Waals surface area contributed by atoms with Gasteiger partial charge in [-0.3, -0.25) is 9.59 Å². The number of nitrogens with one attached hydrogen (secondary N) is 2. The third-order valence-corrected chi connectivity index (χ3v) is 5.03. The summed E-state index contributed by atoms with van der Waals surface area (Å²) in [7, 11) is 1.50. The van der Waals surface area contributed by atoms with Crippen LogP contribution in [0.3, 0.4) is 0 Å². The molecule has 3 amide bonds. The number of aromatic hydroxyl groups is 1. The number of nitrogens with zero attached hydrogens (tertiary/aromatic N) is 1. The van der Waals surface area contributed by atoms with Gasteiger partial charge in [0.2, 0.25) is 5.91 Å². The van der Waals surface area contributed by atoms with Crippen molar-refractivity contribution in [2.75, 3.05) is 12.4 Å². The summed E-state index contributed by atoms with van der Waals surface area (Å²) in [5.74, 6) is -0.851. The second-order valence-electron chi connectivity index (χ2n) is 9.07. The van der Waals surface area contributed by atoms with Crippen molar-refractivity contribution in [1.29, 1.82) is 0 Å². The highest BCUT2D eigenvalue weighted by Gasteiger charge is 2.32. The van der Waals surface area contributed by atoms with Crippen LogP contribution in [-0.2, 0) is 14.3 Å². The number of carbonyl (C=O) groups is 3. The highest BCUT2D eigenvalue weighted by molar-refractivity contribution is 5.99. The Labute approximate surface area is 194 Å². The van der Waals surface area contributed by atoms with Gasteiger partial charge >= 0.3 is 6.09 Å². The number of anilines is 1. The van der Waals surface area contributed by atoms with E-state index in [1.54, 1.807) is 32.9 Å². The van der Waals surface area contributed by atoms with Crippen molar-refractivity contribution in [2.45, 2.75) is 59.2 Å². The predicted octanol–water partition coefficient (Wildman–Crippen LogP) is 4.06. The number of aryl methyl sites for hydroxylation is 2. The van der Waals surface area contributed by atoms with E-state index in [1.165, 1.54) is 31.0 Å². The van der Waals surface area contributed by atoms with Gasteiger partial charge in [0.25, 0.3) is 5.91 Å². The Morgan fingerprint density at radius 2 is 1.55 bits per heavy atom. The van der Waals surface area contributed by atoms with Crippen molar-refractivity contribution >= 4 is 23.6 Å². The molecule has 178 valence electrons. The van der Waals surface area contributed by atoms with Crippen LogP contribution < -0.4 is 10.6 Å². The molecular weight excluding hydrogens is 422 g/mol. The third kappa shape index (κ3) is 6.97. The number of ether oxygens (including phenoxy) is 1. The van der Waals surface area contributed by atoms with Gasteiger partial charge in [0.15, 0.2) is 0 Å².